The molecule has 0 amide bonds. The van der Waals surface area contributed by atoms with E-state index in [-0.39, 0.29) is 13.2 Å². The van der Waals surface area contributed by atoms with Gasteiger partial charge in [0, 0.05) is 18.9 Å². The Balaban J connectivity index is 2.20. The molecule has 2 N–H and O–H groups in total. The Hall–Kier alpha value is -1.72. The zero-order chi connectivity index (χ0) is 13.7. The van der Waals surface area contributed by atoms with Crippen molar-refractivity contribution < 1.29 is 10.2 Å². The van der Waals surface area contributed by atoms with Crippen LogP contribution in [0.3, 0.4) is 0 Å². The predicted molar refractivity (Wildman–Crippen MR) is 71.5 cm³/mol. The number of aliphatic hydroxyl groups excluding tert-OH is 2. The molecule has 1 aromatic heterocycles. The molecule has 0 saturated carbocycles. The second-order valence-electron chi connectivity index (χ2n) is 4.96. The van der Waals surface area contributed by atoms with Crippen LogP contribution in [0, 0.1) is 5.41 Å². The highest BCUT2D eigenvalue weighted by atomic mass is 16.3. The van der Waals surface area contributed by atoms with Crippen molar-refractivity contribution in [2.75, 3.05) is 13.2 Å². The predicted octanol–water partition coefficient (Wildman–Crippen LogP) is 0.571. The molecular formula is C14H19N3O2. The number of hydrogen-bond donors (Lipinski definition) is 2. The Morgan fingerprint density at radius 1 is 1.11 bits per heavy atom. The fourth-order valence-electron chi connectivity index (χ4n) is 2.18. The maximum absolute atomic E-state index is 9.71. The van der Waals surface area contributed by atoms with Gasteiger partial charge in [-0.05, 0) is 12.0 Å². The van der Waals surface area contributed by atoms with Crippen LogP contribution in [0.4, 0.5) is 0 Å². The molecular weight excluding hydrogens is 242 g/mol. The molecule has 0 aliphatic carbocycles. The first-order chi connectivity index (χ1) is 9.19. The highest BCUT2D eigenvalue weighted by Crippen LogP contribution is 2.26. The summed E-state index contributed by atoms with van der Waals surface area (Å²) < 4.78 is 1.67. The van der Waals surface area contributed by atoms with Crippen LogP contribution >= 0.6 is 0 Å². The Morgan fingerprint density at radius 3 is 2.32 bits per heavy atom. The van der Waals surface area contributed by atoms with E-state index in [1.54, 1.807) is 4.68 Å². The van der Waals surface area contributed by atoms with Crippen LogP contribution in [0.25, 0.3) is 0 Å². The molecule has 0 aliphatic rings. The summed E-state index contributed by atoms with van der Waals surface area (Å²) in [7, 11) is 1.81. The lowest BCUT2D eigenvalue weighted by Crippen LogP contribution is -2.35. The van der Waals surface area contributed by atoms with Crippen molar-refractivity contribution in [1.82, 2.24) is 14.8 Å². The number of nitrogens with zero attached hydrogens (tertiary/aromatic N) is 3. The van der Waals surface area contributed by atoms with Gasteiger partial charge in [-0.1, -0.05) is 30.3 Å². The Bertz CT molecular complexity index is 506. The zero-order valence-corrected chi connectivity index (χ0v) is 11.0. The highest BCUT2D eigenvalue weighted by molar-refractivity contribution is 5.17. The molecule has 102 valence electrons. The number of aryl methyl sites for hydroxylation is 1. The molecule has 2 rings (SSSR count). The summed E-state index contributed by atoms with van der Waals surface area (Å²) in [5.41, 5.74) is 0.482. The van der Waals surface area contributed by atoms with Crippen LogP contribution in [0.2, 0.25) is 0 Å². The van der Waals surface area contributed by atoms with Crippen LogP contribution in [0.5, 0.6) is 0 Å². The van der Waals surface area contributed by atoms with E-state index in [4.69, 9.17) is 0 Å². The van der Waals surface area contributed by atoms with Gasteiger partial charge in [0.15, 0.2) is 0 Å². The van der Waals surface area contributed by atoms with Gasteiger partial charge in [-0.25, -0.2) is 4.98 Å². The SMILES string of the molecule is Cn1ncnc1CC(CO)(CO)Cc1ccccc1. The monoisotopic (exact) mass is 261 g/mol. The maximum atomic E-state index is 9.71. The Labute approximate surface area is 112 Å². The van der Waals surface area contributed by atoms with Gasteiger partial charge in [-0.2, -0.15) is 5.10 Å². The molecule has 0 radical (unpaired) electrons. The fraction of sp³-hybridized carbons (Fsp3) is 0.429. The first-order valence-electron chi connectivity index (χ1n) is 6.28. The lowest BCUT2D eigenvalue weighted by molar-refractivity contribution is 0.0524. The van der Waals surface area contributed by atoms with E-state index in [9.17, 15) is 10.2 Å². The largest absolute Gasteiger partial charge is 0.396 e. The summed E-state index contributed by atoms with van der Waals surface area (Å²) in [5.74, 6) is 0.763. The number of benzene rings is 1. The first kappa shape index (κ1) is 13.7. The summed E-state index contributed by atoms with van der Waals surface area (Å²) in [6, 6.07) is 9.85. The molecule has 0 fully saturated rings. The van der Waals surface area contributed by atoms with Crippen LogP contribution in [0.1, 0.15) is 11.4 Å². The van der Waals surface area contributed by atoms with Gasteiger partial charge in [0.2, 0.25) is 0 Å². The minimum Gasteiger partial charge on any atom is -0.396 e. The second-order valence-corrected chi connectivity index (χ2v) is 4.96. The fourth-order valence-corrected chi connectivity index (χ4v) is 2.18. The number of aliphatic hydroxyl groups is 2. The van der Waals surface area contributed by atoms with Crippen molar-refractivity contribution in [1.29, 1.82) is 0 Å². The van der Waals surface area contributed by atoms with Crippen molar-refractivity contribution >= 4 is 0 Å². The standard InChI is InChI=1S/C14H19N3O2/c1-17-13(15-11-16-17)8-14(9-18,10-19)7-12-5-3-2-4-6-12/h2-6,11,18-19H,7-10H2,1H3. The molecule has 1 heterocycles. The molecule has 19 heavy (non-hydrogen) atoms. The number of rotatable bonds is 6. The summed E-state index contributed by atoms with van der Waals surface area (Å²) in [6.45, 7) is -0.184. The third-order valence-corrected chi connectivity index (χ3v) is 3.43. The average molecular weight is 261 g/mol. The topological polar surface area (TPSA) is 71.2 Å². The van der Waals surface area contributed by atoms with Crippen molar-refractivity contribution in [3.8, 4) is 0 Å². The van der Waals surface area contributed by atoms with Crippen molar-refractivity contribution in [2.45, 2.75) is 12.8 Å². The van der Waals surface area contributed by atoms with E-state index < -0.39 is 5.41 Å². The van der Waals surface area contributed by atoms with E-state index in [1.165, 1.54) is 6.33 Å². The van der Waals surface area contributed by atoms with Gasteiger partial charge in [0.05, 0.1) is 13.2 Å². The molecule has 0 bridgehead atoms. The van der Waals surface area contributed by atoms with Crippen LogP contribution < -0.4 is 0 Å². The summed E-state index contributed by atoms with van der Waals surface area (Å²) in [4.78, 5) is 4.17. The van der Waals surface area contributed by atoms with E-state index >= 15 is 0 Å². The Morgan fingerprint density at radius 2 is 1.79 bits per heavy atom. The van der Waals surface area contributed by atoms with Crippen LogP contribution in [-0.2, 0) is 19.9 Å². The van der Waals surface area contributed by atoms with Crippen molar-refractivity contribution in [3.05, 3.63) is 48.0 Å². The third kappa shape index (κ3) is 3.19. The van der Waals surface area contributed by atoms with E-state index in [2.05, 4.69) is 10.1 Å². The highest BCUT2D eigenvalue weighted by Gasteiger charge is 2.31. The van der Waals surface area contributed by atoms with Gasteiger partial charge < -0.3 is 10.2 Å². The Kier molecular flexibility index (Phi) is 4.29. The van der Waals surface area contributed by atoms with Gasteiger partial charge >= 0.3 is 0 Å². The number of aromatic nitrogens is 3. The molecule has 5 nitrogen and oxygen atoms in total. The lowest BCUT2D eigenvalue weighted by Gasteiger charge is -2.29. The number of hydrogen-bond acceptors (Lipinski definition) is 4. The minimum atomic E-state index is -0.609. The van der Waals surface area contributed by atoms with Gasteiger partial charge in [0.25, 0.3) is 0 Å². The smallest absolute Gasteiger partial charge is 0.138 e. The molecule has 5 heteroatoms. The average Bonchev–Trinajstić information content (AvgIpc) is 2.84. The lowest BCUT2D eigenvalue weighted by atomic mass is 9.80. The molecule has 0 atom stereocenters. The minimum absolute atomic E-state index is 0.0920. The summed E-state index contributed by atoms with van der Waals surface area (Å²) in [6.07, 6.45) is 2.58. The molecule has 2 aromatic rings. The molecule has 0 aliphatic heterocycles. The van der Waals surface area contributed by atoms with Crippen LogP contribution in [-0.4, -0.2) is 38.2 Å². The van der Waals surface area contributed by atoms with E-state index in [0.29, 0.717) is 12.8 Å². The summed E-state index contributed by atoms with van der Waals surface area (Å²) in [5, 5.41) is 23.4. The van der Waals surface area contributed by atoms with E-state index in [0.717, 1.165) is 11.4 Å². The van der Waals surface area contributed by atoms with E-state index in [1.807, 2.05) is 37.4 Å². The van der Waals surface area contributed by atoms with Gasteiger partial charge in [-0.3, -0.25) is 4.68 Å². The van der Waals surface area contributed by atoms with Gasteiger partial charge in [-0.15, -0.1) is 0 Å². The quantitative estimate of drug-likeness (QED) is 0.797. The maximum Gasteiger partial charge on any atom is 0.138 e. The summed E-state index contributed by atoms with van der Waals surface area (Å²) >= 11 is 0. The second kappa shape index (κ2) is 5.95. The van der Waals surface area contributed by atoms with Crippen LogP contribution in [0.15, 0.2) is 36.7 Å². The van der Waals surface area contributed by atoms with Crippen molar-refractivity contribution in [3.63, 3.8) is 0 Å². The third-order valence-electron chi connectivity index (χ3n) is 3.43. The van der Waals surface area contributed by atoms with Gasteiger partial charge in [0.1, 0.15) is 12.2 Å². The normalized spacial score (nSPS) is 11.7. The van der Waals surface area contributed by atoms with Crippen molar-refractivity contribution in [2.24, 2.45) is 12.5 Å². The molecule has 0 saturated heterocycles. The first-order valence-corrected chi connectivity index (χ1v) is 6.28. The molecule has 1 aromatic carbocycles. The molecule has 0 spiro atoms. The molecule has 0 unspecified atom stereocenters. The zero-order valence-electron chi connectivity index (χ0n) is 11.0.